The zero-order valence-corrected chi connectivity index (χ0v) is 13.8. The molecule has 0 bridgehead atoms. The Balaban J connectivity index is 1.93. The Morgan fingerprint density at radius 3 is 2.64 bits per heavy atom. The second kappa shape index (κ2) is 9.28. The Labute approximate surface area is 133 Å². The molecule has 0 spiro atoms. The van der Waals surface area contributed by atoms with Gasteiger partial charge in [-0.25, -0.2) is 9.98 Å². The lowest BCUT2D eigenvalue weighted by atomic mass is 9.98. The molecule has 1 aliphatic carbocycles. The summed E-state index contributed by atoms with van der Waals surface area (Å²) in [6.07, 6.45) is 8.30. The number of aliphatic imine (C=N–C) groups is 1. The van der Waals surface area contributed by atoms with Gasteiger partial charge < -0.3 is 15.4 Å². The summed E-state index contributed by atoms with van der Waals surface area (Å²) in [5.41, 5.74) is 1.12. The van der Waals surface area contributed by atoms with E-state index in [4.69, 9.17) is 4.74 Å². The lowest BCUT2D eigenvalue weighted by molar-refractivity contribution is 0.148. The zero-order valence-electron chi connectivity index (χ0n) is 13.8. The lowest BCUT2D eigenvalue weighted by Gasteiger charge is -2.22. The molecule has 0 aliphatic heterocycles. The Morgan fingerprint density at radius 1 is 1.23 bits per heavy atom. The SMILES string of the molecule is CCNC(=NCc1ccnc(OC2CCCCC2)c1)NCC. The van der Waals surface area contributed by atoms with E-state index < -0.39 is 0 Å². The van der Waals surface area contributed by atoms with Crippen LogP contribution >= 0.6 is 0 Å². The third-order valence-electron chi connectivity index (χ3n) is 3.75. The van der Waals surface area contributed by atoms with Crippen LogP contribution < -0.4 is 15.4 Å². The van der Waals surface area contributed by atoms with Crippen LogP contribution in [0.2, 0.25) is 0 Å². The van der Waals surface area contributed by atoms with E-state index in [1.807, 2.05) is 18.3 Å². The van der Waals surface area contributed by atoms with Crippen molar-refractivity contribution >= 4 is 5.96 Å². The average molecular weight is 304 g/mol. The molecule has 22 heavy (non-hydrogen) atoms. The van der Waals surface area contributed by atoms with Crippen molar-refractivity contribution in [3.05, 3.63) is 23.9 Å². The van der Waals surface area contributed by atoms with Gasteiger partial charge in [0.15, 0.2) is 5.96 Å². The number of nitrogens with zero attached hydrogens (tertiary/aromatic N) is 2. The molecule has 1 fully saturated rings. The predicted molar refractivity (Wildman–Crippen MR) is 90.2 cm³/mol. The second-order valence-corrected chi connectivity index (χ2v) is 5.61. The van der Waals surface area contributed by atoms with Crippen molar-refractivity contribution in [1.29, 1.82) is 0 Å². The van der Waals surface area contributed by atoms with Gasteiger partial charge in [-0.3, -0.25) is 0 Å². The van der Waals surface area contributed by atoms with Crippen LogP contribution in [0.4, 0.5) is 0 Å². The molecule has 0 atom stereocenters. The van der Waals surface area contributed by atoms with Gasteiger partial charge in [-0.2, -0.15) is 0 Å². The van der Waals surface area contributed by atoms with Gasteiger partial charge in [0, 0.05) is 25.4 Å². The van der Waals surface area contributed by atoms with Crippen LogP contribution in [0.15, 0.2) is 23.3 Å². The molecule has 2 N–H and O–H groups in total. The molecule has 1 heterocycles. The minimum Gasteiger partial charge on any atom is -0.474 e. The third-order valence-corrected chi connectivity index (χ3v) is 3.75. The second-order valence-electron chi connectivity index (χ2n) is 5.61. The Kier molecular flexibility index (Phi) is 7.00. The average Bonchev–Trinajstić information content (AvgIpc) is 2.54. The summed E-state index contributed by atoms with van der Waals surface area (Å²) in [6, 6.07) is 4.00. The Hall–Kier alpha value is -1.78. The maximum atomic E-state index is 6.01. The van der Waals surface area contributed by atoms with E-state index in [-0.39, 0.29) is 0 Å². The van der Waals surface area contributed by atoms with Crippen molar-refractivity contribution in [2.75, 3.05) is 13.1 Å². The van der Waals surface area contributed by atoms with Crippen molar-refractivity contribution in [3.63, 3.8) is 0 Å². The molecule has 0 amide bonds. The van der Waals surface area contributed by atoms with E-state index in [1.165, 1.54) is 19.3 Å². The first-order valence-corrected chi connectivity index (χ1v) is 8.45. The number of rotatable bonds is 6. The van der Waals surface area contributed by atoms with Crippen molar-refractivity contribution in [2.45, 2.75) is 58.6 Å². The molecule has 2 rings (SSSR count). The smallest absolute Gasteiger partial charge is 0.213 e. The number of hydrogen-bond donors (Lipinski definition) is 2. The van der Waals surface area contributed by atoms with Gasteiger partial charge in [0.2, 0.25) is 5.88 Å². The first-order valence-electron chi connectivity index (χ1n) is 8.45. The third kappa shape index (κ3) is 5.54. The van der Waals surface area contributed by atoms with E-state index in [9.17, 15) is 0 Å². The summed E-state index contributed by atoms with van der Waals surface area (Å²) in [4.78, 5) is 8.90. The number of guanidine groups is 1. The number of pyridine rings is 1. The van der Waals surface area contributed by atoms with Gasteiger partial charge in [-0.15, -0.1) is 0 Å². The van der Waals surface area contributed by atoms with Gasteiger partial charge in [0.25, 0.3) is 0 Å². The molecular weight excluding hydrogens is 276 g/mol. The summed E-state index contributed by atoms with van der Waals surface area (Å²) in [7, 11) is 0. The van der Waals surface area contributed by atoms with Crippen LogP contribution in [0.1, 0.15) is 51.5 Å². The van der Waals surface area contributed by atoms with Gasteiger partial charge >= 0.3 is 0 Å². The molecule has 0 unspecified atom stereocenters. The summed E-state index contributed by atoms with van der Waals surface area (Å²) in [6.45, 7) is 6.47. The van der Waals surface area contributed by atoms with Crippen LogP contribution in [0, 0.1) is 0 Å². The molecule has 1 aromatic rings. The first-order chi connectivity index (χ1) is 10.8. The molecule has 0 aromatic carbocycles. The summed E-state index contributed by atoms with van der Waals surface area (Å²) >= 11 is 0. The molecule has 1 aliphatic rings. The molecule has 0 saturated heterocycles. The topological polar surface area (TPSA) is 58.5 Å². The maximum Gasteiger partial charge on any atom is 0.213 e. The predicted octanol–water partition coefficient (Wildman–Crippen LogP) is 2.87. The molecule has 5 heteroatoms. The minimum absolute atomic E-state index is 0.332. The van der Waals surface area contributed by atoms with Crippen molar-refractivity contribution in [2.24, 2.45) is 4.99 Å². The fourth-order valence-corrected chi connectivity index (χ4v) is 2.65. The van der Waals surface area contributed by atoms with Gasteiger partial charge in [-0.1, -0.05) is 6.42 Å². The van der Waals surface area contributed by atoms with E-state index in [0.29, 0.717) is 12.6 Å². The molecule has 5 nitrogen and oxygen atoms in total. The Bertz CT molecular complexity index is 461. The van der Waals surface area contributed by atoms with E-state index in [2.05, 4.69) is 34.5 Å². The largest absolute Gasteiger partial charge is 0.474 e. The highest BCUT2D eigenvalue weighted by Gasteiger charge is 2.15. The quantitative estimate of drug-likeness (QED) is 0.627. The van der Waals surface area contributed by atoms with Crippen LogP contribution in [0.3, 0.4) is 0 Å². The maximum absolute atomic E-state index is 6.01. The van der Waals surface area contributed by atoms with E-state index >= 15 is 0 Å². The molecule has 122 valence electrons. The van der Waals surface area contributed by atoms with Crippen LogP contribution in [-0.2, 0) is 6.54 Å². The molecule has 1 aromatic heterocycles. The number of nitrogens with one attached hydrogen (secondary N) is 2. The monoisotopic (exact) mass is 304 g/mol. The number of hydrogen-bond acceptors (Lipinski definition) is 3. The number of ether oxygens (including phenoxy) is 1. The molecule has 1 saturated carbocycles. The highest BCUT2D eigenvalue weighted by atomic mass is 16.5. The Morgan fingerprint density at radius 2 is 1.95 bits per heavy atom. The van der Waals surface area contributed by atoms with Crippen LogP contribution in [-0.4, -0.2) is 30.1 Å². The van der Waals surface area contributed by atoms with Crippen molar-refractivity contribution < 1.29 is 4.74 Å². The fraction of sp³-hybridized carbons (Fsp3) is 0.647. The van der Waals surface area contributed by atoms with Crippen molar-refractivity contribution in [1.82, 2.24) is 15.6 Å². The van der Waals surface area contributed by atoms with Crippen molar-refractivity contribution in [3.8, 4) is 5.88 Å². The highest BCUT2D eigenvalue weighted by Crippen LogP contribution is 2.22. The standard InChI is InChI=1S/C17H28N4O/c1-3-18-17(19-4-2)21-13-14-10-11-20-16(12-14)22-15-8-6-5-7-9-15/h10-12,15H,3-9,13H2,1-2H3,(H2,18,19,21). The van der Waals surface area contributed by atoms with Gasteiger partial charge in [0.1, 0.15) is 6.10 Å². The summed E-state index contributed by atoms with van der Waals surface area (Å²) < 4.78 is 6.01. The highest BCUT2D eigenvalue weighted by molar-refractivity contribution is 5.79. The summed E-state index contributed by atoms with van der Waals surface area (Å²) in [5, 5.41) is 6.45. The number of aromatic nitrogens is 1. The van der Waals surface area contributed by atoms with E-state index in [0.717, 1.165) is 43.3 Å². The molecule has 0 radical (unpaired) electrons. The first kappa shape index (κ1) is 16.6. The van der Waals surface area contributed by atoms with Gasteiger partial charge in [-0.05, 0) is 51.2 Å². The van der Waals surface area contributed by atoms with Gasteiger partial charge in [0.05, 0.1) is 6.54 Å². The molecular formula is C17H28N4O. The van der Waals surface area contributed by atoms with Crippen LogP contribution in [0.25, 0.3) is 0 Å². The zero-order chi connectivity index (χ0) is 15.6. The van der Waals surface area contributed by atoms with Crippen LogP contribution in [0.5, 0.6) is 5.88 Å². The minimum atomic E-state index is 0.332. The summed E-state index contributed by atoms with van der Waals surface area (Å²) in [5.74, 6) is 1.57. The van der Waals surface area contributed by atoms with E-state index in [1.54, 1.807) is 0 Å². The fourth-order valence-electron chi connectivity index (χ4n) is 2.65. The lowest BCUT2D eigenvalue weighted by Crippen LogP contribution is -2.36. The normalized spacial score (nSPS) is 15.2.